The molecule has 0 atom stereocenters. The highest BCUT2D eigenvalue weighted by molar-refractivity contribution is 6.63. The molecule has 62 valence electrons. The smallest absolute Gasteiger partial charge is 0.00859 e. The summed E-state index contributed by atoms with van der Waals surface area (Å²) < 4.78 is 0. The molecule has 0 aliphatic heterocycles. The zero-order valence-electron chi connectivity index (χ0n) is 8.44. The van der Waals surface area contributed by atoms with Gasteiger partial charge in [0.25, 0.3) is 0 Å². The predicted molar refractivity (Wildman–Crippen MR) is 52.4 cm³/mol. The van der Waals surface area contributed by atoms with Crippen LogP contribution < -0.4 is 0 Å². The lowest BCUT2D eigenvalue weighted by atomic mass is 9.30. The van der Waals surface area contributed by atoms with E-state index >= 15 is 0 Å². The van der Waals surface area contributed by atoms with Gasteiger partial charge in [-0.1, -0.05) is 41.5 Å². The maximum Gasteiger partial charge on any atom is -0.00859 e. The molecule has 0 heterocycles. The molecule has 0 nitrogen and oxygen atoms in total. The summed E-state index contributed by atoms with van der Waals surface area (Å²) in [5.74, 6) is 2.75. The first kappa shape index (κ1) is 10.1. The van der Waals surface area contributed by atoms with Crippen LogP contribution in [-0.4, -0.2) is 6.71 Å². The van der Waals surface area contributed by atoms with E-state index in [4.69, 9.17) is 0 Å². The normalized spacial score (nSPS) is 12.6. The highest BCUT2D eigenvalue weighted by atomic mass is 14.0. The van der Waals surface area contributed by atoms with Crippen molar-refractivity contribution in [1.29, 1.82) is 0 Å². The minimum absolute atomic E-state index is 0.0833. The molecule has 0 saturated carbocycles. The van der Waals surface area contributed by atoms with E-state index in [0.717, 1.165) is 17.5 Å². The number of rotatable bonds is 3. The Kier molecular flexibility index (Phi) is 4.08. The molecule has 10 heavy (non-hydrogen) atoms. The molecule has 0 aromatic rings. The Morgan fingerprint density at radius 1 is 0.600 bits per heavy atom. The van der Waals surface area contributed by atoms with E-state index in [0.29, 0.717) is 0 Å². The number of hydrogen-bond donors (Lipinski definition) is 0. The fourth-order valence-corrected chi connectivity index (χ4v) is 2.83. The van der Waals surface area contributed by atoms with Crippen molar-refractivity contribution >= 4 is 6.71 Å². The van der Waals surface area contributed by atoms with Crippen LogP contribution in [0.5, 0.6) is 0 Å². The van der Waals surface area contributed by atoms with Gasteiger partial charge in [-0.25, -0.2) is 0 Å². The first-order valence-electron chi connectivity index (χ1n) is 4.69. The lowest BCUT2D eigenvalue weighted by Crippen LogP contribution is -2.24. The molecule has 0 aromatic heterocycles. The first-order chi connectivity index (χ1) is 4.46. The fourth-order valence-electron chi connectivity index (χ4n) is 2.83. The molecule has 0 aromatic carbocycles. The summed E-state index contributed by atoms with van der Waals surface area (Å²) >= 11 is 0. The zero-order chi connectivity index (χ0) is 8.31. The lowest BCUT2D eigenvalue weighted by molar-refractivity contribution is 0.863. The Morgan fingerprint density at radius 2 is 0.800 bits per heavy atom. The van der Waals surface area contributed by atoms with Gasteiger partial charge in [-0.15, -0.1) is 0 Å². The van der Waals surface area contributed by atoms with E-state index in [1.807, 2.05) is 0 Å². The summed E-state index contributed by atoms with van der Waals surface area (Å²) in [5, 5.41) is 0. The van der Waals surface area contributed by atoms with Crippen LogP contribution in [0, 0.1) is 0 Å². The van der Waals surface area contributed by atoms with Crippen LogP contribution in [-0.2, 0) is 0 Å². The molecule has 0 unspecified atom stereocenters. The van der Waals surface area contributed by atoms with Crippen molar-refractivity contribution in [3.05, 3.63) is 0 Å². The van der Waals surface area contributed by atoms with Gasteiger partial charge in [0.05, 0.1) is 0 Å². The molecule has 0 fully saturated rings. The van der Waals surface area contributed by atoms with Crippen molar-refractivity contribution in [3.63, 3.8) is 0 Å². The maximum atomic E-state index is 2.36. The first-order valence-corrected chi connectivity index (χ1v) is 4.69. The molecule has 0 rings (SSSR count). The second kappa shape index (κ2) is 4.05. The highest BCUT2D eigenvalue weighted by Crippen LogP contribution is 2.28. The third-order valence-corrected chi connectivity index (χ3v) is 2.83. The minimum atomic E-state index is 0.0833. The Bertz CT molecular complexity index is 65.7. The van der Waals surface area contributed by atoms with Crippen LogP contribution in [0.1, 0.15) is 41.5 Å². The average Bonchev–Trinajstić information content (AvgIpc) is 1.59. The van der Waals surface area contributed by atoms with Crippen molar-refractivity contribution in [2.75, 3.05) is 0 Å². The fraction of sp³-hybridized carbons (Fsp3) is 1.00. The van der Waals surface area contributed by atoms with E-state index in [9.17, 15) is 0 Å². The van der Waals surface area contributed by atoms with E-state index in [1.54, 1.807) is 0 Å². The summed E-state index contributed by atoms with van der Waals surface area (Å²) in [4.78, 5) is 0. The second-order valence-electron chi connectivity index (χ2n) is 4.89. The molecule has 0 aliphatic carbocycles. The Labute approximate surface area is 66.5 Å². The minimum Gasteiger partial charge on any atom is -0.175 e. The monoisotopic (exact) mass is 141 g/mol. The topological polar surface area (TPSA) is 0 Å². The standard InChI is InChI=1S/C9H22B/c1-7(2)10(8(3)4)9(5)6/h7-10H,1-6H3/q-1. The van der Waals surface area contributed by atoms with Gasteiger partial charge in [-0.3, -0.25) is 0 Å². The second-order valence-corrected chi connectivity index (χ2v) is 4.89. The Morgan fingerprint density at radius 3 is 0.800 bits per heavy atom. The van der Waals surface area contributed by atoms with E-state index in [2.05, 4.69) is 41.5 Å². The van der Waals surface area contributed by atoms with E-state index < -0.39 is 0 Å². The highest BCUT2D eigenvalue weighted by Gasteiger charge is 2.13. The van der Waals surface area contributed by atoms with Gasteiger partial charge in [0, 0.05) is 0 Å². The van der Waals surface area contributed by atoms with Gasteiger partial charge in [-0.05, 0) is 6.71 Å². The third kappa shape index (κ3) is 2.77. The molecule has 0 amide bonds. The molecule has 0 N–H and O–H groups in total. The largest absolute Gasteiger partial charge is 0.175 e. The van der Waals surface area contributed by atoms with Gasteiger partial charge in [0.1, 0.15) is 0 Å². The lowest BCUT2D eigenvalue weighted by Gasteiger charge is -2.34. The molecule has 0 spiro atoms. The predicted octanol–water partition coefficient (Wildman–Crippen LogP) is 3.44. The van der Waals surface area contributed by atoms with Crippen LogP contribution in [0.15, 0.2) is 0 Å². The van der Waals surface area contributed by atoms with Crippen LogP contribution in [0.25, 0.3) is 0 Å². The van der Waals surface area contributed by atoms with Gasteiger partial charge >= 0.3 is 0 Å². The summed E-state index contributed by atoms with van der Waals surface area (Å²) in [7, 11) is 0. The van der Waals surface area contributed by atoms with Crippen LogP contribution >= 0.6 is 0 Å². The van der Waals surface area contributed by atoms with Crippen LogP contribution in [0.2, 0.25) is 17.5 Å². The summed E-state index contributed by atoms with van der Waals surface area (Å²) in [6.07, 6.45) is 0. The molecular weight excluding hydrogens is 119 g/mol. The third-order valence-electron chi connectivity index (χ3n) is 2.83. The quantitative estimate of drug-likeness (QED) is 0.528. The van der Waals surface area contributed by atoms with Crippen molar-refractivity contribution in [3.8, 4) is 0 Å². The summed E-state index contributed by atoms with van der Waals surface area (Å²) in [5.41, 5.74) is 0. The molecule has 1 heteroatoms. The molecular formula is C9H22B-. The Hall–Kier alpha value is 0.0649. The van der Waals surface area contributed by atoms with Gasteiger partial charge in [0.2, 0.25) is 0 Å². The van der Waals surface area contributed by atoms with Crippen LogP contribution in [0.3, 0.4) is 0 Å². The molecule has 0 saturated heterocycles. The van der Waals surface area contributed by atoms with Crippen molar-refractivity contribution in [1.82, 2.24) is 0 Å². The molecule has 0 aliphatic rings. The van der Waals surface area contributed by atoms with Crippen LogP contribution in [0.4, 0.5) is 0 Å². The molecule has 0 radical (unpaired) electrons. The van der Waals surface area contributed by atoms with Crippen molar-refractivity contribution in [2.24, 2.45) is 0 Å². The number of hydrogen-bond acceptors (Lipinski definition) is 0. The van der Waals surface area contributed by atoms with Crippen molar-refractivity contribution < 1.29 is 0 Å². The average molecular weight is 141 g/mol. The maximum absolute atomic E-state index is 2.36. The zero-order valence-corrected chi connectivity index (χ0v) is 8.44. The summed E-state index contributed by atoms with van der Waals surface area (Å²) in [6.45, 7) is 14.2. The van der Waals surface area contributed by atoms with E-state index in [-0.39, 0.29) is 6.71 Å². The Balaban J connectivity index is 3.98. The molecule has 0 bridgehead atoms. The van der Waals surface area contributed by atoms with E-state index in [1.165, 1.54) is 0 Å². The van der Waals surface area contributed by atoms with Crippen molar-refractivity contribution in [2.45, 2.75) is 59.0 Å². The summed E-state index contributed by atoms with van der Waals surface area (Å²) in [6, 6.07) is 0. The SMILES string of the molecule is CC(C)[BH-](C(C)C)C(C)C. The van der Waals surface area contributed by atoms with Gasteiger partial charge < -0.3 is 0 Å². The van der Waals surface area contributed by atoms with Gasteiger partial charge in [0.15, 0.2) is 0 Å². The van der Waals surface area contributed by atoms with Gasteiger partial charge in [-0.2, -0.15) is 17.5 Å².